The fourth-order valence-corrected chi connectivity index (χ4v) is 3.26. The van der Waals surface area contributed by atoms with Gasteiger partial charge in [-0.1, -0.05) is 13.8 Å². The normalized spacial score (nSPS) is 26.2. The number of nitrogens with zero attached hydrogens (tertiary/aromatic N) is 2. The Morgan fingerprint density at radius 2 is 1.88 bits per heavy atom. The highest BCUT2D eigenvalue weighted by Gasteiger charge is 2.43. The minimum atomic E-state index is 0.321. The maximum atomic E-state index is 6.11. The lowest BCUT2D eigenvalue weighted by molar-refractivity contribution is 0.0257. The van der Waals surface area contributed by atoms with E-state index in [0.29, 0.717) is 5.54 Å². The van der Waals surface area contributed by atoms with Crippen LogP contribution in [0.15, 0.2) is 0 Å². The maximum absolute atomic E-state index is 6.11. The molecule has 0 radical (unpaired) electrons. The Morgan fingerprint density at radius 3 is 2.25 bits per heavy atom. The molecule has 3 nitrogen and oxygen atoms in total. The van der Waals surface area contributed by atoms with E-state index in [2.05, 4.69) is 23.6 Å². The summed E-state index contributed by atoms with van der Waals surface area (Å²) in [6.07, 6.45) is 5.32. The molecule has 1 aliphatic carbocycles. The number of piperidine rings is 1. The van der Waals surface area contributed by atoms with Crippen LogP contribution in [-0.2, 0) is 0 Å². The quantitative estimate of drug-likeness (QED) is 0.765. The zero-order valence-corrected chi connectivity index (χ0v) is 10.9. The SMILES string of the molecule is CCN1CCC(CN)(N(CC)C2CC2)CC1. The molecular formula is C13H27N3. The number of likely N-dealkylation sites (N-methyl/N-ethyl adjacent to an activating group) is 1. The van der Waals surface area contributed by atoms with Gasteiger partial charge in [0.25, 0.3) is 0 Å². The molecule has 1 aliphatic heterocycles. The summed E-state index contributed by atoms with van der Waals surface area (Å²) >= 11 is 0. The summed E-state index contributed by atoms with van der Waals surface area (Å²) in [4.78, 5) is 5.26. The fourth-order valence-electron chi connectivity index (χ4n) is 3.26. The maximum Gasteiger partial charge on any atom is 0.0358 e. The molecule has 0 atom stereocenters. The predicted molar refractivity (Wildman–Crippen MR) is 68.5 cm³/mol. The standard InChI is InChI=1S/C13H27N3/c1-3-15-9-7-13(11-14,8-10-15)16(4-2)12-5-6-12/h12H,3-11,14H2,1-2H3. The Hall–Kier alpha value is -0.120. The zero-order valence-electron chi connectivity index (χ0n) is 10.9. The molecule has 2 rings (SSSR count). The summed E-state index contributed by atoms with van der Waals surface area (Å²) < 4.78 is 0. The molecule has 2 N–H and O–H groups in total. The molecule has 0 amide bonds. The third-order valence-corrected chi connectivity index (χ3v) is 4.55. The smallest absolute Gasteiger partial charge is 0.0358 e. The van der Waals surface area contributed by atoms with E-state index in [4.69, 9.17) is 5.73 Å². The lowest BCUT2D eigenvalue weighted by Gasteiger charge is -2.48. The van der Waals surface area contributed by atoms with Crippen molar-refractivity contribution in [3.05, 3.63) is 0 Å². The van der Waals surface area contributed by atoms with Gasteiger partial charge in [-0.15, -0.1) is 0 Å². The summed E-state index contributed by atoms with van der Waals surface area (Å²) in [7, 11) is 0. The molecule has 1 heterocycles. The Bertz CT molecular complexity index is 217. The average molecular weight is 225 g/mol. The molecule has 2 aliphatic rings. The van der Waals surface area contributed by atoms with Crippen molar-refractivity contribution in [2.24, 2.45) is 5.73 Å². The molecule has 3 heteroatoms. The van der Waals surface area contributed by atoms with Gasteiger partial charge in [-0.3, -0.25) is 4.90 Å². The van der Waals surface area contributed by atoms with Crippen molar-refractivity contribution in [2.45, 2.75) is 51.1 Å². The number of likely N-dealkylation sites (tertiary alicyclic amines) is 1. The Labute approximate surface area is 100.0 Å². The number of hydrogen-bond acceptors (Lipinski definition) is 3. The van der Waals surface area contributed by atoms with Crippen LogP contribution in [0, 0.1) is 0 Å². The third-order valence-electron chi connectivity index (χ3n) is 4.55. The largest absolute Gasteiger partial charge is 0.329 e. The van der Waals surface area contributed by atoms with Crippen LogP contribution in [0.4, 0.5) is 0 Å². The van der Waals surface area contributed by atoms with Crippen LogP contribution in [0.25, 0.3) is 0 Å². The van der Waals surface area contributed by atoms with Gasteiger partial charge in [-0.05, 0) is 51.9 Å². The highest BCUT2D eigenvalue weighted by Crippen LogP contribution is 2.37. The first-order valence-electron chi connectivity index (χ1n) is 6.95. The third kappa shape index (κ3) is 2.27. The van der Waals surface area contributed by atoms with E-state index >= 15 is 0 Å². The molecule has 0 bridgehead atoms. The highest BCUT2D eigenvalue weighted by molar-refractivity contribution is 5.01. The molecule has 1 saturated heterocycles. The van der Waals surface area contributed by atoms with Crippen molar-refractivity contribution >= 4 is 0 Å². The van der Waals surface area contributed by atoms with Crippen LogP contribution in [0.1, 0.15) is 39.5 Å². The lowest BCUT2D eigenvalue weighted by atomic mass is 9.85. The molecule has 2 fully saturated rings. The molecule has 0 aromatic carbocycles. The van der Waals surface area contributed by atoms with Gasteiger partial charge in [0, 0.05) is 18.1 Å². The second-order valence-corrected chi connectivity index (χ2v) is 5.38. The highest BCUT2D eigenvalue weighted by atomic mass is 15.3. The lowest BCUT2D eigenvalue weighted by Crippen LogP contribution is -2.60. The van der Waals surface area contributed by atoms with Gasteiger partial charge in [0.05, 0.1) is 0 Å². The fraction of sp³-hybridized carbons (Fsp3) is 1.00. The first-order valence-corrected chi connectivity index (χ1v) is 6.95. The van der Waals surface area contributed by atoms with Crippen molar-refractivity contribution in [2.75, 3.05) is 32.7 Å². The Morgan fingerprint density at radius 1 is 1.25 bits per heavy atom. The van der Waals surface area contributed by atoms with E-state index in [0.717, 1.165) is 12.6 Å². The summed E-state index contributed by atoms with van der Waals surface area (Å²) in [5.41, 5.74) is 6.43. The van der Waals surface area contributed by atoms with Crippen molar-refractivity contribution in [1.29, 1.82) is 0 Å². The van der Waals surface area contributed by atoms with Crippen LogP contribution in [0.2, 0.25) is 0 Å². The molecule has 0 spiro atoms. The van der Waals surface area contributed by atoms with Crippen LogP contribution >= 0.6 is 0 Å². The molecule has 94 valence electrons. The van der Waals surface area contributed by atoms with Crippen LogP contribution in [0.5, 0.6) is 0 Å². The van der Waals surface area contributed by atoms with Crippen LogP contribution < -0.4 is 5.73 Å². The number of nitrogens with two attached hydrogens (primary N) is 1. The minimum Gasteiger partial charge on any atom is -0.329 e. The average Bonchev–Trinajstić information content (AvgIpc) is 3.15. The van der Waals surface area contributed by atoms with Crippen molar-refractivity contribution < 1.29 is 0 Å². The van der Waals surface area contributed by atoms with E-state index in [1.165, 1.54) is 51.9 Å². The number of rotatable bonds is 5. The molecule has 0 aromatic heterocycles. The summed E-state index contributed by atoms with van der Waals surface area (Å²) in [6, 6.07) is 0.849. The van der Waals surface area contributed by atoms with Crippen LogP contribution in [0.3, 0.4) is 0 Å². The summed E-state index contributed by atoms with van der Waals surface area (Å²) in [5, 5.41) is 0. The van der Waals surface area contributed by atoms with Crippen LogP contribution in [-0.4, -0.2) is 54.1 Å². The second kappa shape index (κ2) is 5.03. The minimum absolute atomic E-state index is 0.321. The summed E-state index contributed by atoms with van der Waals surface area (Å²) in [5.74, 6) is 0. The summed E-state index contributed by atoms with van der Waals surface area (Å²) in [6.45, 7) is 10.2. The first kappa shape index (κ1) is 12.3. The van der Waals surface area contributed by atoms with Gasteiger partial charge < -0.3 is 10.6 Å². The van der Waals surface area contributed by atoms with Gasteiger partial charge >= 0.3 is 0 Å². The van der Waals surface area contributed by atoms with E-state index in [1.54, 1.807) is 0 Å². The monoisotopic (exact) mass is 225 g/mol. The van der Waals surface area contributed by atoms with Crippen molar-refractivity contribution in [3.63, 3.8) is 0 Å². The molecule has 1 saturated carbocycles. The molecular weight excluding hydrogens is 198 g/mol. The molecule has 0 unspecified atom stereocenters. The first-order chi connectivity index (χ1) is 7.75. The Kier molecular flexibility index (Phi) is 3.88. The Balaban J connectivity index is 2.01. The molecule has 16 heavy (non-hydrogen) atoms. The van der Waals surface area contributed by atoms with Gasteiger partial charge in [0.2, 0.25) is 0 Å². The van der Waals surface area contributed by atoms with E-state index < -0.39 is 0 Å². The van der Waals surface area contributed by atoms with E-state index in [9.17, 15) is 0 Å². The topological polar surface area (TPSA) is 32.5 Å². The van der Waals surface area contributed by atoms with Crippen molar-refractivity contribution in [1.82, 2.24) is 9.80 Å². The van der Waals surface area contributed by atoms with Gasteiger partial charge in [-0.25, -0.2) is 0 Å². The van der Waals surface area contributed by atoms with E-state index in [-0.39, 0.29) is 0 Å². The van der Waals surface area contributed by atoms with Gasteiger partial charge in [-0.2, -0.15) is 0 Å². The predicted octanol–water partition coefficient (Wildman–Crippen LogP) is 1.28. The molecule has 0 aromatic rings. The van der Waals surface area contributed by atoms with E-state index in [1.807, 2.05) is 0 Å². The number of hydrogen-bond donors (Lipinski definition) is 1. The van der Waals surface area contributed by atoms with Gasteiger partial charge in [0.1, 0.15) is 0 Å². The zero-order chi connectivity index (χ0) is 11.6. The van der Waals surface area contributed by atoms with Gasteiger partial charge in [0.15, 0.2) is 0 Å². The van der Waals surface area contributed by atoms with Crippen molar-refractivity contribution in [3.8, 4) is 0 Å². The second-order valence-electron chi connectivity index (χ2n) is 5.38.